The molecule has 0 atom stereocenters. The molecule has 4 nitrogen and oxygen atoms in total. The Morgan fingerprint density at radius 1 is 1.15 bits per heavy atom. The van der Waals surface area contributed by atoms with E-state index in [-0.39, 0.29) is 12.0 Å². The van der Waals surface area contributed by atoms with E-state index in [1.54, 1.807) is 0 Å². The molecule has 0 unspecified atom stereocenters. The van der Waals surface area contributed by atoms with E-state index in [9.17, 15) is 0 Å². The minimum atomic E-state index is 0.160. The molecule has 2 N–H and O–H groups in total. The summed E-state index contributed by atoms with van der Waals surface area (Å²) in [4.78, 5) is 4.27. The Morgan fingerprint density at radius 3 is 2.20 bits per heavy atom. The summed E-state index contributed by atoms with van der Waals surface area (Å²) in [6.07, 6.45) is 0.686. The van der Waals surface area contributed by atoms with Gasteiger partial charge in [-0.25, -0.2) is 0 Å². The molecule has 0 aliphatic heterocycles. The average molecular weight is 273 g/mol. The molecule has 0 aliphatic rings. The van der Waals surface area contributed by atoms with Gasteiger partial charge in [0.05, 0.1) is 6.54 Å². The summed E-state index contributed by atoms with van der Waals surface area (Å²) >= 11 is 0. The Hall–Kier alpha value is -1.68. The fourth-order valence-electron chi connectivity index (χ4n) is 2.31. The molecule has 2 aromatic rings. The fourth-order valence-corrected chi connectivity index (χ4v) is 2.31. The summed E-state index contributed by atoms with van der Waals surface area (Å²) in [5, 5.41) is 3.97. The molecule has 20 heavy (non-hydrogen) atoms. The smallest absolute Gasteiger partial charge is 0.240 e. The fraction of sp³-hybridized carbons (Fsp3) is 0.500. The van der Waals surface area contributed by atoms with Crippen LogP contribution in [0.4, 0.5) is 0 Å². The molecule has 0 amide bonds. The molecule has 0 aliphatic carbocycles. The van der Waals surface area contributed by atoms with Crippen molar-refractivity contribution in [3.63, 3.8) is 0 Å². The van der Waals surface area contributed by atoms with Crippen molar-refractivity contribution in [2.75, 3.05) is 0 Å². The van der Waals surface area contributed by atoms with Gasteiger partial charge in [0.2, 0.25) is 5.89 Å². The molecule has 0 bridgehead atoms. The zero-order chi connectivity index (χ0) is 14.9. The number of nitrogens with two attached hydrogens (primary N) is 1. The summed E-state index contributed by atoms with van der Waals surface area (Å²) in [5.41, 5.74) is 10.8. The van der Waals surface area contributed by atoms with Gasteiger partial charge in [-0.05, 0) is 41.5 Å². The van der Waals surface area contributed by atoms with Crippen LogP contribution in [0.3, 0.4) is 0 Å². The monoisotopic (exact) mass is 273 g/mol. The van der Waals surface area contributed by atoms with Crippen LogP contribution in [0.15, 0.2) is 16.7 Å². The highest BCUT2D eigenvalue weighted by atomic mass is 16.5. The first kappa shape index (κ1) is 14.7. The normalized spacial score (nSPS) is 11.9. The van der Waals surface area contributed by atoms with Crippen molar-refractivity contribution >= 4 is 0 Å². The van der Waals surface area contributed by atoms with Crippen LogP contribution in [-0.2, 0) is 18.4 Å². The van der Waals surface area contributed by atoms with E-state index in [1.807, 2.05) is 0 Å². The Kier molecular flexibility index (Phi) is 3.95. The van der Waals surface area contributed by atoms with Crippen molar-refractivity contribution in [3.8, 4) is 0 Å². The minimum Gasteiger partial charge on any atom is -0.338 e. The lowest BCUT2D eigenvalue weighted by atomic mass is 9.83. The van der Waals surface area contributed by atoms with Gasteiger partial charge in [0.1, 0.15) is 0 Å². The molecule has 1 aromatic heterocycles. The minimum absolute atomic E-state index is 0.160. The summed E-state index contributed by atoms with van der Waals surface area (Å²) in [5.74, 6) is 1.18. The highest BCUT2D eigenvalue weighted by Gasteiger charge is 2.17. The van der Waals surface area contributed by atoms with E-state index in [4.69, 9.17) is 10.3 Å². The molecule has 1 aromatic carbocycles. The van der Waals surface area contributed by atoms with E-state index in [2.05, 4.69) is 56.9 Å². The third kappa shape index (κ3) is 3.07. The molecule has 0 saturated heterocycles. The molecular formula is C16H23N3O. The maximum absolute atomic E-state index is 5.49. The van der Waals surface area contributed by atoms with Gasteiger partial charge in [-0.2, -0.15) is 4.98 Å². The first-order chi connectivity index (χ1) is 9.31. The third-order valence-corrected chi connectivity index (χ3v) is 3.58. The molecule has 0 spiro atoms. The van der Waals surface area contributed by atoms with Crippen molar-refractivity contribution in [2.45, 2.75) is 53.0 Å². The standard InChI is InChI=1S/C16H23N3O/c1-10-6-12(16(3,4)5)7-11(2)13(10)8-14-18-15(9-17)20-19-14/h6-7H,8-9,17H2,1-5H3. The number of hydrogen-bond acceptors (Lipinski definition) is 4. The molecule has 1 heterocycles. The Labute approximate surface area is 120 Å². The van der Waals surface area contributed by atoms with Crippen LogP contribution >= 0.6 is 0 Å². The van der Waals surface area contributed by atoms with Crippen LogP contribution in [0, 0.1) is 13.8 Å². The molecular weight excluding hydrogens is 250 g/mol. The van der Waals surface area contributed by atoms with Crippen LogP contribution < -0.4 is 5.73 Å². The Morgan fingerprint density at radius 2 is 1.75 bits per heavy atom. The van der Waals surface area contributed by atoms with Crippen LogP contribution in [0.25, 0.3) is 0 Å². The highest BCUT2D eigenvalue weighted by Crippen LogP contribution is 2.27. The summed E-state index contributed by atoms with van der Waals surface area (Å²) in [6.45, 7) is 11.3. The zero-order valence-corrected chi connectivity index (χ0v) is 12.9. The van der Waals surface area contributed by atoms with E-state index in [1.165, 1.54) is 22.3 Å². The van der Waals surface area contributed by atoms with E-state index < -0.39 is 0 Å². The molecule has 0 radical (unpaired) electrons. The van der Waals surface area contributed by atoms with Crippen LogP contribution in [0.5, 0.6) is 0 Å². The number of rotatable bonds is 3. The van der Waals surface area contributed by atoms with E-state index >= 15 is 0 Å². The summed E-state index contributed by atoms with van der Waals surface area (Å²) < 4.78 is 5.06. The van der Waals surface area contributed by atoms with Crippen LogP contribution in [0.1, 0.15) is 54.7 Å². The summed E-state index contributed by atoms with van der Waals surface area (Å²) in [6, 6.07) is 4.51. The number of aryl methyl sites for hydroxylation is 2. The predicted molar refractivity (Wildman–Crippen MR) is 79.6 cm³/mol. The predicted octanol–water partition coefficient (Wildman–Crippen LogP) is 3.03. The Balaban J connectivity index is 2.33. The van der Waals surface area contributed by atoms with Crippen LogP contribution in [-0.4, -0.2) is 10.1 Å². The lowest BCUT2D eigenvalue weighted by Gasteiger charge is -2.22. The van der Waals surface area contributed by atoms with Gasteiger partial charge in [-0.1, -0.05) is 38.1 Å². The van der Waals surface area contributed by atoms with Gasteiger partial charge >= 0.3 is 0 Å². The second-order valence-corrected chi connectivity index (χ2v) is 6.32. The maximum Gasteiger partial charge on any atom is 0.240 e. The number of hydrogen-bond donors (Lipinski definition) is 1. The molecule has 4 heteroatoms. The van der Waals surface area contributed by atoms with Crippen molar-refractivity contribution in [3.05, 3.63) is 46.1 Å². The second kappa shape index (κ2) is 5.37. The van der Waals surface area contributed by atoms with Gasteiger partial charge < -0.3 is 10.3 Å². The number of aromatic nitrogens is 2. The van der Waals surface area contributed by atoms with Gasteiger partial charge in [-0.15, -0.1) is 0 Å². The molecule has 108 valence electrons. The quantitative estimate of drug-likeness (QED) is 0.933. The van der Waals surface area contributed by atoms with E-state index in [0.29, 0.717) is 18.1 Å². The van der Waals surface area contributed by atoms with Crippen LogP contribution in [0.2, 0.25) is 0 Å². The molecule has 0 fully saturated rings. The lowest BCUT2D eigenvalue weighted by Crippen LogP contribution is -2.12. The average Bonchev–Trinajstić information content (AvgIpc) is 2.80. The zero-order valence-electron chi connectivity index (χ0n) is 12.9. The highest BCUT2D eigenvalue weighted by molar-refractivity contribution is 5.41. The van der Waals surface area contributed by atoms with E-state index in [0.717, 1.165) is 0 Å². The largest absolute Gasteiger partial charge is 0.338 e. The summed E-state index contributed by atoms with van der Waals surface area (Å²) in [7, 11) is 0. The molecule has 2 rings (SSSR count). The van der Waals surface area contributed by atoms with Crippen molar-refractivity contribution in [1.82, 2.24) is 10.1 Å². The molecule has 0 saturated carbocycles. The number of benzene rings is 1. The second-order valence-electron chi connectivity index (χ2n) is 6.32. The van der Waals surface area contributed by atoms with Gasteiger partial charge in [0.25, 0.3) is 0 Å². The van der Waals surface area contributed by atoms with Gasteiger partial charge in [0, 0.05) is 6.42 Å². The first-order valence-electron chi connectivity index (χ1n) is 6.93. The SMILES string of the molecule is Cc1cc(C(C)(C)C)cc(C)c1Cc1noc(CN)n1. The first-order valence-corrected chi connectivity index (χ1v) is 6.93. The van der Waals surface area contributed by atoms with Gasteiger partial charge in [-0.3, -0.25) is 0 Å². The Bertz CT molecular complexity index is 585. The number of nitrogens with zero attached hydrogens (tertiary/aromatic N) is 2. The third-order valence-electron chi connectivity index (χ3n) is 3.58. The topological polar surface area (TPSA) is 64.9 Å². The van der Waals surface area contributed by atoms with Crippen molar-refractivity contribution in [2.24, 2.45) is 5.73 Å². The van der Waals surface area contributed by atoms with Crippen molar-refractivity contribution in [1.29, 1.82) is 0 Å². The lowest BCUT2D eigenvalue weighted by molar-refractivity contribution is 0.375. The van der Waals surface area contributed by atoms with Crippen molar-refractivity contribution < 1.29 is 4.52 Å². The van der Waals surface area contributed by atoms with Gasteiger partial charge in [0.15, 0.2) is 5.82 Å². The maximum atomic E-state index is 5.49.